The van der Waals surface area contributed by atoms with E-state index in [-0.39, 0.29) is 11.9 Å². The molecule has 40 valence electrons. The fourth-order valence-corrected chi connectivity index (χ4v) is 0.554. The third-order valence-corrected chi connectivity index (χ3v) is 1.25. The van der Waals surface area contributed by atoms with Crippen molar-refractivity contribution in [3.05, 3.63) is 0 Å². The van der Waals surface area contributed by atoms with Gasteiger partial charge in [0.25, 0.3) is 0 Å². The van der Waals surface area contributed by atoms with Gasteiger partial charge < -0.3 is 4.74 Å². The lowest BCUT2D eigenvalue weighted by Gasteiger charge is -2.22. The molecule has 0 spiro atoms. The first-order valence-electron chi connectivity index (χ1n) is 2.51. The highest BCUT2D eigenvalue weighted by atomic mass is 16.6. The number of esters is 1. The van der Waals surface area contributed by atoms with Gasteiger partial charge in [0.15, 0.2) is 0 Å². The van der Waals surface area contributed by atoms with Gasteiger partial charge in [-0.2, -0.15) is 0 Å². The Bertz CT molecular complexity index is 86.1. The molecule has 1 aliphatic heterocycles. The van der Waals surface area contributed by atoms with Crippen LogP contribution < -0.4 is 0 Å². The van der Waals surface area contributed by atoms with E-state index in [1.54, 1.807) is 0 Å². The largest absolute Gasteiger partial charge is 0.464 e. The summed E-state index contributed by atoms with van der Waals surface area (Å²) < 4.78 is 4.50. The van der Waals surface area contributed by atoms with Crippen molar-refractivity contribution < 1.29 is 9.53 Å². The van der Waals surface area contributed by atoms with E-state index in [1.165, 1.54) is 0 Å². The van der Waals surface area contributed by atoms with E-state index in [2.05, 4.69) is 4.74 Å². The SMILES string of the molecule is CC[C@@H]1COC1=O. The van der Waals surface area contributed by atoms with Gasteiger partial charge in [-0.25, -0.2) is 0 Å². The first-order valence-corrected chi connectivity index (χ1v) is 2.51. The van der Waals surface area contributed by atoms with Gasteiger partial charge in [0.2, 0.25) is 0 Å². The van der Waals surface area contributed by atoms with Crippen molar-refractivity contribution >= 4 is 5.97 Å². The molecule has 0 unspecified atom stereocenters. The zero-order valence-corrected chi connectivity index (χ0v) is 4.31. The van der Waals surface area contributed by atoms with E-state index < -0.39 is 0 Å². The Morgan fingerprint density at radius 1 is 2.00 bits per heavy atom. The van der Waals surface area contributed by atoms with Crippen LogP contribution in [0.1, 0.15) is 13.3 Å². The molecular weight excluding hydrogens is 92.1 g/mol. The normalized spacial score (nSPS) is 28.7. The molecule has 0 aromatic carbocycles. The average molecular weight is 100 g/mol. The number of ether oxygens (including phenoxy) is 1. The highest BCUT2D eigenvalue weighted by Gasteiger charge is 2.27. The van der Waals surface area contributed by atoms with Crippen molar-refractivity contribution in [2.45, 2.75) is 13.3 Å². The van der Waals surface area contributed by atoms with Gasteiger partial charge >= 0.3 is 5.97 Å². The highest BCUT2D eigenvalue weighted by Crippen LogP contribution is 2.14. The lowest BCUT2D eigenvalue weighted by atomic mass is 10.1. The van der Waals surface area contributed by atoms with Gasteiger partial charge in [-0.05, 0) is 6.42 Å². The molecule has 1 heterocycles. The Morgan fingerprint density at radius 2 is 2.71 bits per heavy atom. The molecule has 0 radical (unpaired) electrons. The first-order chi connectivity index (χ1) is 3.34. The lowest BCUT2D eigenvalue weighted by Crippen LogP contribution is -2.33. The molecule has 0 aromatic heterocycles. The summed E-state index contributed by atoms with van der Waals surface area (Å²) in [6, 6.07) is 0. The summed E-state index contributed by atoms with van der Waals surface area (Å²) in [6.45, 7) is 2.64. The van der Waals surface area contributed by atoms with Crippen LogP contribution in [0.4, 0.5) is 0 Å². The summed E-state index contributed by atoms with van der Waals surface area (Å²) in [5.74, 6) is 0.197. The van der Waals surface area contributed by atoms with Crippen molar-refractivity contribution in [3.8, 4) is 0 Å². The Morgan fingerprint density at radius 3 is 2.71 bits per heavy atom. The molecule has 1 aliphatic rings. The Hall–Kier alpha value is -0.530. The fourth-order valence-electron chi connectivity index (χ4n) is 0.554. The third-order valence-electron chi connectivity index (χ3n) is 1.25. The minimum atomic E-state index is -0.0255. The van der Waals surface area contributed by atoms with Crippen LogP contribution in [0.15, 0.2) is 0 Å². The average Bonchev–Trinajstić information content (AvgIpc) is 1.65. The molecule has 1 fully saturated rings. The summed E-state index contributed by atoms with van der Waals surface area (Å²) >= 11 is 0. The van der Waals surface area contributed by atoms with Crippen LogP contribution in [0.3, 0.4) is 0 Å². The number of carbonyl (C=O) groups is 1. The van der Waals surface area contributed by atoms with E-state index in [1.807, 2.05) is 6.92 Å². The zero-order valence-electron chi connectivity index (χ0n) is 4.31. The molecule has 0 aromatic rings. The summed E-state index contributed by atoms with van der Waals surface area (Å²) in [4.78, 5) is 10.2. The molecule has 1 rings (SSSR count). The maximum absolute atomic E-state index is 10.2. The number of hydrogen-bond acceptors (Lipinski definition) is 2. The topological polar surface area (TPSA) is 26.3 Å². The van der Waals surface area contributed by atoms with Gasteiger partial charge in [-0.3, -0.25) is 4.79 Å². The number of hydrogen-bond donors (Lipinski definition) is 0. The molecule has 0 aliphatic carbocycles. The van der Waals surface area contributed by atoms with E-state index in [0.29, 0.717) is 6.61 Å². The molecule has 0 N–H and O–H groups in total. The quantitative estimate of drug-likeness (QED) is 0.450. The standard InChI is InChI=1S/C5H8O2/c1-2-4-3-7-5(4)6/h4H,2-3H2,1H3/t4-/m1/s1. The van der Waals surface area contributed by atoms with Crippen LogP contribution in [0.2, 0.25) is 0 Å². The molecule has 0 bridgehead atoms. The minimum Gasteiger partial charge on any atom is -0.464 e. The first kappa shape index (κ1) is 4.62. The van der Waals surface area contributed by atoms with Gasteiger partial charge in [-0.1, -0.05) is 6.92 Å². The zero-order chi connectivity index (χ0) is 5.28. The van der Waals surface area contributed by atoms with Crippen molar-refractivity contribution in [2.75, 3.05) is 6.61 Å². The fraction of sp³-hybridized carbons (Fsp3) is 0.800. The second-order valence-corrected chi connectivity index (χ2v) is 1.74. The molecule has 7 heavy (non-hydrogen) atoms. The Kier molecular flexibility index (Phi) is 1.01. The van der Waals surface area contributed by atoms with E-state index in [4.69, 9.17) is 0 Å². The molecule has 1 saturated heterocycles. The highest BCUT2D eigenvalue weighted by molar-refractivity contribution is 5.76. The summed E-state index contributed by atoms with van der Waals surface area (Å²) in [5.41, 5.74) is 0. The van der Waals surface area contributed by atoms with Gasteiger partial charge in [0.1, 0.15) is 6.61 Å². The maximum atomic E-state index is 10.2. The maximum Gasteiger partial charge on any atom is 0.312 e. The smallest absolute Gasteiger partial charge is 0.312 e. The molecule has 1 atom stereocenters. The second-order valence-electron chi connectivity index (χ2n) is 1.74. The van der Waals surface area contributed by atoms with Crippen LogP contribution in [-0.2, 0) is 9.53 Å². The van der Waals surface area contributed by atoms with Crippen LogP contribution in [0.5, 0.6) is 0 Å². The number of rotatable bonds is 1. The predicted octanol–water partition coefficient (Wildman–Crippen LogP) is 0.569. The number of carbonyl (C=O) groups excluding carboxylic acids is 1. The monoisotopic (exact) mass is 100 g/mol. The summed E-state index contributed by atoms with van der Waals surface area (Å²) in [6.07, 6.45) is 0.929. The molecule has 2 heteroatoms. The summed E-state index contributed by atoms with van der Waals surface area (Å²) in [5, 5.41) is 0. The van der Waals surface area contributed by atoms with Gasteiger partial charge in [0, 0.05) is 0 Å². The Labute approximate surface area is 42.5 Å². The van der Waals surface area contributed by atoms with E-state index >= 15 is 0 Å². The third kappa shape index (κ3) is 0.601. The molecule has 0 amide bonds. The van der Waals surface area contributed by atoms with Crippen molar-refractivity contribution in [1.82, 2.24) is 0 Å². The molecule has 2 nitrogen and oxygen atoms in total. The van der Waals surface area contributed by atoms with Crippen molar-refractivity contribution in [2.24, 2.45) is 5.92 Å². The van der Waals surface area contributed by atoms with Crippen molar-refractivity contribution in [3.63, 3.8) is 0 Å². The van der Waals surface area contributed by atoms with Crippen LogP contribution in [0, 0.1) is 5.92 Å². The molecule has 0 saturated carbocycles. The lowest BCUT2D eigenvalue weighted by molar-refractivity contribution is -0.168. The summed E-state index contributed by atoms with van der Waals surface area (Å²) in [7, 11) is 0. The van der Waals surface area contributed by atoms with E-state index in [9.17, 15) is 4.79 Å². The van der Waals surface area contributed by atoms with Crippen molar-refractivity contribution in [1.29, 1.82) is 0 Å². The molecular formula is C5H8O2. The Balaban J connectivity index is 2.29. The number of cyclic esters (lactones) is 1. The second kappa shape index (κ2) is 1.52. The minimum absolute atomic E-state index is 0.0255. The van der Waals surface area contributed by atoms with Crippen LogP contribution >= 0.6 is 0 Å². The van der Waals surface area contributed by atoms with Crippen LogP contribution in [-0.4, -0.2) is 12.6 Å². The van der Waals surface area contributed by atoms with Crippen LogP contribution in [0.25, 0.3) is 0 Å². The van der Waals surface area contributed by atoms with Gasteiger partial charge in [-0.15, -0.1) is 0 Å². The predicted molar refractivity (Wildman–Crippen MR) is 24.7 cm³/mol. The van der Waals surface area contributed by atoms with Gasteiger partial charge in [0.05, 0.1) is 5.92 Å². The van der Waals surface area contributed by atoms with E-state index in [0.717, 1.165) is 6.42 Å².